The van der Waals surface area contributed by atoms with Crippen LogP contribution in [0.5, 0.6) is 0 Å². The maximum Gasteiger partial charge on any atom is 0.405 e. The van der Waals surface area contributed by atoms with Gasteiger partial charge in [0, 0.05) is 42.7 Å². The van der Waals surface area contributed by atoms with Gasteiger partial charge in [-0.05, 0) is 50.5 Å². The third kappa shape index (κ3) is 5.25. The van der Waals surface area contributed by atoms with E-state index in [4.69, 9.17) is 5.11 Å². The molecule has 5 N–H and O–H groups in total. The molecule has 0 radical (unpaired) electrons. The lowest BCUT2D eigenvalue weighted by Crippen LogP contribution is -2.60. The average Bonchev–Trinajstić information content (AvgIpc) is 3.47. The number of imidazole rings is 1. The molecule has 0 bridgehead atoms. The Morgan fingerprint density at radius 1 is 1.05 bits per heavy atom. The lowest BCUT2D eigenvalue weighted by atomic mass is 9.98. The minimum absolute atomic E-state index is 0.0574. The van der Waals surface area contributed by atoms with Crippen LogP contribution in [0.15, 0.2) is 59.5 Å². The van der Waals surface area contributed by atoms with E-state index in [9.17, 15) is 19.2 Å². The Labute approximate surface area is 224 Å². The number of aromatic amines is 2. The highest BCUT2D eigenvalue weighted by molar-refractivity contribution is 5.94. The number of H-pyrrole nitrogens is 2. The summed E-state index contributed by atoms with van der Waals surface area (Å²) in [7, 11) is 0. The number of benzene rings is 2. The molecule has 0 saturated carbocycles. The van der Waals surface area contributed by atoms with E-state index in [1.165, 1.54) is 13.8 Å². The first-order valence-corrected chi connectivity index (χ1v) is 13.0. The predicted molar refractivity (Wildman–Crippen MR) is 147 cm³/mol. The highest BCUT2D eigenvalue weighted by Crippen LogP contribution is 2.26. The molecular weight excluding hydrogens is 500 g/mol. The molecule has 1 aliphatic heterocycles. The van der Waals surface area contributed by atoms with E-state index in [2.05, 4.69) is 20.6 Å². The van der Waals surface area contributed by atoms with Crippen molar-refractivity contribution in [2.45, 2.75) is 50.7 Å². The zero-order valence-corrected chi connectivity index (χ0v) is 21.9. The third-order valence-electron chi connectivity index (χ3n) is 7.45. The van der Waals surface area contributed by atoms with Crippen molar-refractivity contribution in [3.05, 3.63) is 70.8 Å². The number of likely N-dealkylation sites (tertiary alicyclic amines) is 1. The van der Waals surface area contributed by atoms with E-state index in [1.54, 1.807) is 9.47 Å². The van der Waals surface area contributed by atoms with E-state index >= 15 is 0 Å². The van der Waals surface area contributed by atoms with Gasteiger partial charge in [0.2, 0.25) is 11.8 Å². The van der Waals surface area contributed by atoms with Crippen molar-refractivity contribution < 1.29 is 19.5 Å². The summed E-state index contributed by atoms with van der Waals surface area (Å²) in [6.45, 7) is 3.75. The summed E-state index contributed by atoms with van der Waals surface area (Å²) >= 11 is 0. The second kappa shape index (κ2) is 10.3. The quantitative estimate of drug-likeness (QED) is 0.248. The van der Waals surface area contributed by atoms with Gasteiger partial charge < -0.3 is 30.6 Å². The van der Waals surface area contributed by atoms with Gasteiger partial charge in [-0.15, -0.1) is 0 Å². The predicted octanol–water partition coefficient (Wildman–Crippen LogP) is 2.75. The van der Waals surface area contributed by atoms with Crippen LogP contribution >= 0.6 is 0 Å². The van der Waals surface area contributed by atoms with E-state index in [0.29, 0.717) is 25.9 Å². The Morgan fingerprint density at radius 3 is 2.44 bits per heavy atom. The molecule has 1 saturated heterocycles. The van der Waals surface area contributed by atoms with E-state index in [-0.39, 0.29) is 24.1 Å². The second-order valence-corrected chi connectivity index (χ2v) is 10.5. The van der Waals surface area contributed by atoms with Gasteiger partial charge in [0.25, 0.3) is 0 Å². The molecule has 0 spiro atoms. The lowest BCUT2D eigenvalue weighted by molar-refractivity contribution is -0.138. The number of fused-ring (bicyclic) bond motifs is 2. The Kier molecular flexibility index (Phi) is 6.90. The largest absolute Gasteiger partial charge is 0.465 e. The first-order chi connectivity index (χ1) is 18.6. The monoisotopic (exact) mass is 532 g/mol. The highest BCUT2D eigenvalue weighted by atomic mass is 16.4. The topological polar surface area (TPSA) is 152 Å². The molecule has 4 aromatic rings. The molecule has 1 atom stereocenters. The SMILES string of the molecule is CC(C)(NC(=O)O)C(=O)NC(Cc1c[nH]c2ccccc12)C(=O)N1CCC(n2c(=O)[nH]c3ccccc32)CC1. The third-order valence-corrected chi connectivity index (χ3v) is 7.45. The van der Waals surface area contributed by atoms with Crippen LogP contribution < -0.4 is 16.3 Å². The minimum atomic E-state index is -1.44. The number of hydrogen-bond donors (Lipinski definition) is 5. The van der Waals surface area contributed by atoms with Crippen LogP contribution in [-0.4, -0.2) is 67.1 Å². The number of hydrogen-bond acceptors (Lipinski definition) is 4. The molecule has 2 aromatic carbocycles. The highest BCUT2D eigenvalue weighted by Gasteiger charge is 2.36. The number of piperidine rings is 1. The average molecular weight is 533 g/mol. The lowest BCUT2D eigenvalue weighted by Gasteiger charge is -2.35. The van der Waals surface area contributed by atoms with Crippen molar-refractivity contribution in [2.24, 2.45) is 0 Å². The van der Waals surface area contributed by atoms with Gasteiger partial charge in [0.1, 0.15) is 11.6 Å². The molecular formula is C28H32N6O5. The molecule has 39 heavy (non-hydrogen) atoms. The summed E-state index contributed by atoms with van der Waals surface area (Å²) in [5, 5.41) is 15.1. The van der Waals surface area contributed by atoms with E-state index in [0.717, 1.165) is 27.5 Å². The zero-order valence-electron chi connectivity index (χ0n) is 21.9. The van der Waals surface area contributed by atoms with Gasteiger partial charge in [-0.1, -0.05) is 30.3 Å². The van der Waals surface area contributed by atoms with Crippen LogP contribution in [0.1, 0.15) is 38.3 Å². The number of rotatable bonds is 7. The number of amides is 3. The van der Waals surface area contributed by atoms with Crippen LogP contribution in [0.25, 0.3) is 21.9 Å². The maximum absolute atomic E-state index is 13.8. The fourth-order valence-electron chi connectivity index (χ4n) is 5.38. The molecule has 0 aliphatic carbocycles. The number of carbonyl (C=O) groups excluding carboxylic acids is 2. The van der Waals surface area contributed by atoms with Gasteiger partial charge >= 0.3 is 11.8 Å². The molecule has 1 aliphatic rings. The first-order valence-electron chi connectivity index (χ1n) is 13.0. The number of nitrogens with one attached hydrogen (secondary N) is 4. The standard InChI is InChI=1S/C28H32N6O5/c1-28(2,32-27(38)39)25(36)30-22(15-17-16-29-20-8-4-3-7-19(17)20)24(35)33-13-11-18(12-14-33)34-23-10-6-5-9-21(23)31-26(34)37/h3-10,16,18,22,29,32H,11-15H2,1-2H3,(H,30,36)(H,31,37)(H,38,39). The summed E-state index contributed by atoms with van der Waals surface area (Å²) in [5.41, 5.74) is 1.80. The summed E-state index contributed by atoms with van der Waals surface area (Å²) in [6, 6.07) is 14.3. The summed E-state index contributed by atoms with van der Waals surface area (Å²) < 4.78 is 1.77. The van der Waals surface area contributed by atoms with Gasteiger partial charge in [0.15, 0.2) is 0 Å². The number of carboxylic acid groups (broad SMARTS) is 1. The normalized spacial score (nSPS) is 15.4. The number of nitrogens with zero attached hydrogens (tertiary/aromatic N) is 2. The van der Waals surface area contributed by atoms with Crippen LogP contribution in [0, 0.1) is 0 Å². The first kappa shape index (κ1) is 26.1. The van der Waals surface area contributed by atoms with Crippen molar-refractivity contribution in [1.29, 1.82) is 0 Å². The van der Waals surface area contributed by atoms with Crippen molar-refractivity contribution in [1.82, 2.24) is 30.1 Å². The van der Waals surface area contributed by atoms with Crippen molar-refractivity contribution in [2.75, 3.05) is 13.1 Å². The van der Waals surface area contributed by atoms with E-state index in [1.807, 2.05) is 54.7 Å². The number of aromatic nitrogens is 3. The Morgan fingerprint density at radius 2 is 1.72 bits per heavy atom. The fourth-order valence-corrected chi connectivity index (χ4v) is 5.38. The Balaban J connectivity index is 1.35. The molecule has 3 amide bonds. The van der Waals surface area contributed by atoms with Crippen LogP contribution in [0.3, 0.4) is 0 Å². The molecule has 3 heterocycles. The molecule has 11 nitrogen and oxygen atoms in total. The summed E-state index contributed by atoms with van der Waals surface area (Å²) in [6.07, 6.45) is 1.91. The second-order valence-electron chi connectivity index (χ2n) is 10.5. The molecule has 204 valence electrons. The van der Waals surface area contributed by atoms with Gasteiger partial charge in [0.05, 0.1) is 11.0 Å². The molecule has 2 aromatic heterocycles. The van der Waals surface area contributed by atoms with Gasteiger partial charge in [-0.3, -0.25) is 14.2 Å². The smallest absolute Gasteiger partial charge is 0.405 e. The van der Waals surface area contributed by atoms with Crippen molar-refractivity contribution in [3.8, 4) is 0 Å². The van der Waals surface area contributed by atoms with Crippen molar-refractivity contribution in [3.63, 3.8) is 0 Å². The summed E-state index contributed by atoms with van der Waals surface area (Å²) in [4.78, 5) is 58.6. The maximum atomic E-state index is 13.8. The zero-order chi connectivity index (χ0) is 27.7. The van der Waals surface area contributed by atoms with Gasteiger partial charge in [-0.25, -0.2) is 9.59 Å². The Hall–Kier alpha value is -4.54. The molecule has 1 unspecified atom stereocenters. The van der Waals surface area contributed by atoms with Crippen LogP contribution in [0.2, 0.25) is 0 Å². The van der Waals surface area contributed by atoms with Gasteiger partial charge in [-0.2, -0.15) is 0 Å². The van der Waals surface area contributed by atoms with E-state index < -0.39 is 23.6 Å². The number of carbonyl (C=O) groups is 3. The van der Waals surface area contributed by atoms with Crippen LogP contribution in [0.4, 0.5) is 4.79 Å². The molecule has 11 heteroatoms. The molecule has 5 rings (SSSR count). The summed E-state index contributed by atoms with van der Waals surface area (Å²) in [5.74, 6) is -0.840. The fraction of sp³-hybridized carbons (Fsp3) is 0.357. The van der Waals surface area contributed by atoms with Crippen LogP contribution in [-0.2, 0) is 16.0 Å². The van der Waals surface area contributed by atoms with Crippen molar-refractivity contribution >= 4 is 39.8 Å². The Bertz CT molecular complexity index is 1590. The molecule has 1 fully saturated rings. The number of para-hydroxylation sites is 3. The minimum Gasteiger partial charge on any atom is -0.465 e.